The topological polar surface area (TPSA) is 67.8 Å². The molecular weight excluding hydrogens is 234 g/mol. The summed E-state index contributed by atoms with van der Waals surface area (Å²) < 4.78 is 10.2. The standard InChI is InChI=1S/C13H13NO4/c1-3-6-14-13(12(16)17-2)8-18-11-7-9(15)4-5-10(11)13/h1,4-5,7,14-15H,6,8H2,2H3. The Kier molecular flexibility index (Phi) is 3.13. The van der Waals surface area contributed by atoms with E-state index in [1.807, 2.05) is 0 Å². The van der Waals surface area contributed by atoms with Gasteiger partial charge in [0.05, 0.1) is 13.7 Å². The molecule has 0 saturated heterocycles. The number of phenolic OH excluding ortho intramolecular Hbond substituents is 1. The van der Waals surface area contributed by atoms with Gasteiger partial charge in [0.1, 0.15) is 18.1 Å². The van der Waals surface area contributed by atoms with Crippen molar-refractivity contribution in [2.75, 3.05) is 20.3 Å². The average molecular weight is 247 g/mol. The Morgan fingerprint density at radius 3 is 3.17 bits per heavy atom. The second-order valence-corrected chi connectivity index (χ2v) is 3.92. The van der Waals surface area contributed by atoms with E-state index < -0.39 is 11.5 Å². The summed E-state index contributed by atoms with van der Waals surface area (Å²) in [5.74, 6) is 2.47. The van der Waals surface area contributed by atoms with Gasteiger partial charge in [0.15, 0.2) is 5.54 Å². The summed E-state index contributed by atoms with van der Waals surface area (Å²) in [5, 5.41) is 12.3. The summed E-state index contributed by atoms with van der Waals surface area (Å²) >= 11 is 0. The zero-order valence-electron chi connectivity index (χ0n) is 9.90. The van der Waals surface area contributed by atoms with E-state index in [1.165, 1.54) is 19.2 Å². The lowest BCUT2D eigenvalue weighted by Gasteiger charge is -2.25. The molecule has 0 saturated carbocycles. The molecule has 5 heteroatoms. The second-order valence-electron chi connectivity index (χ2n) is 3.92. The minimum atomic E-state index is -1.11. The molecule has 1 atom stereocenters. The van der Waals surface area contributed by atoms with Crippen molar-refractivity contribution >= 4 is 5.97 Å². The molecule has 0 bridgehead atoms. The first-order valence-electron chi connectivity index (χ1n) is 5.37. The molecule has 0 spiro atoms. The molecule has 1 heterocycles. The lowest BCUT2D eigenvalue weighted by molar-refractivity contribution is -0.149. The third-order valence-corrected chi connectivity index (χ3v) is 2.90. The quantitative estimate of drug-likeness (QED) is 0.597. The van der Waals surface area contributed by atoms with E-state index in [4.69, 9.17) is 15.9 Å². The molecular formula is C13H13NO4. The lowest BCUT2D eigenvalue weighted by Crippen LogP contribution is -2.51. The predicted octanol–water partition coefficient (Wildman–Crippen LogP) is 0.376. The van der Waals surface area contributed by atoms with E-state index in [9.17, 15) is 9.90 Å². The first kappa shape index (κ1) is 12.3. The van der Waals surface area contributed by atoms with Gasteiger partial charge in [-0.05, 0) is 12.1 Å². The molecule has 2 rings (SSSR count). The van der Waals surface area contributed by atoms with Gasteiger partial charge in [0, 0.05) is 11.6 Å². The van der Waals surface area contributed by atoms with E-state index in [2.05, 4.69) is 11.2 Å². The minimum Gasteiger partial charge on any atom is -0.508 e. The van der Waals surface area contributed by atoms with Crippen LogP contribution in [0.2, 0.25) is 0 Å². The van der Waals surface area contributed by atoms with Gasteiger partial charge in [-0.25, -0.2) is 4.79 Å². The van der Waals surface area contributed by atoms with Gasteiger partial charge in [0.2, 0.25) is 0 Å². The number of nitrogens with one attached hydrogen (secondary N) is 1. The maximum absolute atomic E-state index is 12.0. The monoisotopic (exact) mass is 247 g/mol. The van der Waals surface area contributed by atoms with Crippen molar-refractivity contribution in [3.8, 4) is 23.8 Å². The Hall–Kier alpha value is -2.19. The maximum Gasteiger partial charge on any atom is 0.334 e. The Labute approximate surface area is 105 Å². The zero-order valence-corrected chi connectivity index (χ0v) is 9.90. The van der Waals surface area contributed by atoms with E-state index >= 15 is 0 Å². The number of rotatable bonds is 3. The highest BCUT2D eigenvalue weighted by Crippen LogP contribution is 2.39. The van der Waals surface area contributed by atoms with Crippen LogP contribution in [0.5, 0.6) is 11.5 Å². The first-order valence-corrected chi connectivity index (χ1v) is 5.37. The Balaban J connectivity index is 2.46. The van der Waals surface area contributed by atoms with Gasteiger partial charge < -0.3 is 14.6 Å². The van der Waals surface area contributed by atoms with Crippen LogP contribution >= 0.6 is 0 Å². The van der Waals surface area contributed by atoms with E-state index in [0.29, 0.717) is 11.3 Å². The first-order chi connectivity index (χ1) is 8.64. The molecule has 1 unspecified atom stereocenters. The molecule has 0 fully saturated rings. The van der Waals surface area contributed by atoms with Crippen LogP contribution in [0.4, 0.5) is 0 Å². The fraction of sp³-hybridized carbons (Fsp3) is 0.308. The highest BCUT2D eigenvalue weighted by Gasteiger charge is 2.48. The van der Waals surface area contributed by atoms with Crippen molar-refractivity contribution in [2.24, 2.45) is 0 Å². The Morgan fingerprint density at radius 2 is 2.50 bits per heavy atom. The number of benzene rings is 1. The molecule has 5 nitrogen and oxygen atoms in total. The summed E-state index contributed by atoms with van der Waals surface area (Å²) in [7, 11) is 1.31. The number of hydrogen-bond donors (Lipinski definition) is 2. The minimum absolute atomic E-state index is 0.0753. The fourth-order valence-corrected chi connectivity index (χ4v) is 2.01. The highest BCUT2D eigenvalue weighted by molar-refractivity contribution is 5.85. The molecule has 1 aliphatic rings. The molecule has 1 aromatic rings. The van der Waals surface area contributed by atoms with Gasteiger partial charge in [0.25, 0.3) is 0 Å². The maximum atomic E-state index is 12.0. The van der Waals surface area contributed by atoms with Crippen LogP contribution < -0.4 is 10.1 Å². The van der Waals surface area contributed by atoms with E-state index in [0.717, 1.165) is 0 Å². The van der Waals surface area contributed by atoms with Gasteiger partial charge in [-0.15, -0.1) is 6.42 Å². The van der Waals surface area contributed by atoms with Crippen LogP contribution in [-0.2, 0) is 15.1 Å². The molecule has 0 aromatic heterocycles. The number of carbonyl (C=O) groups is 1. The van der Waals surface area contributed by atoms with Crippen LogP contribution in [0.1, 0.15) is 5.56 Å². The molecule has 0 radical (unpaired) electrons. The van der Waals surface area contributed by atoms with Crippen LogP contribution in [0.15, 0.2) is 18.2 Å². The third-order valence-electron chi connectivity index (χ3n) is 2.90. The second kappa shape index (κ2) is 4.59. The van der Waals surface area contributed by atoms with Gasteiger partial charge >= 0.3 is 5.97 Å². The number of methoxy groups -OCH3 is 1. The molecule has 94 valence electrons. The van der Waals surface area contributed by atoms with Crippen LogP contribution in [0.25, 0.3) is 0 Å². The number of hydrogen-bond acceptors (Lipinski definition) is 5. The van der Waals surface area contributed by atoms with Crippen molar-refractivity contribution in [1.29, 1.82) is 0 Å². The number of esters is 1. The number of ether oxygens (including phenoxy) is 2. The highest BCUT2D eigenvalue weighted by atomic mass is 16.5. The number of aromatic hydroxyl groups is 1. The molecule has 0 amide bonds. The van der Waals surface area contributed by atoms with Crippen molar-refractivity contribution in [3.63, 3.8) is 0 Å². The van der Waals surface area contributed by atoms with Crippen molar-refractivity contribution in [2.45, 2.75) is 5.54 Å². The van der Waals surface area contributed by atoms with Crippen molar-refractivity contribution in [1.82, 2.24) is 5.32 Å². The zero-order chi connectivity index (χ0) is 13.2. The summed E-state index contributed by atoms with van der Waals surface area (Å²) in [6, 6.07) is 4.57. The number of carbonyl (C=O) groups excluding carboxylic acids is 1. The molecule has 0 aliphatic carbocycles. The smallest absolute Gasteiger partial charge is 0.334 e. The molecule has 1 aromatic carbocycles. The molecule has 2 N–H and O–H groups in total. The van der Waals surface area contributed by atoms with Crippen LogP contribution in [0, 0.1) is 12.3 Å². The summed E-state index contributed by atoms with van der Waals surface area (Å²) in [6.07, 6.45) is 5.21. The lowest BCUT2D eigenvalue weighted by atomic mass is 9.92. The number of fused-ring (bicyclic) bond motifs is 1. The van der Waals surface area contributed by atoms with Crippen molar-refractivity contribution in [3.05, 3.63) is 23.8 Å². The SMILES string of the molecule is C#CCNC1(C(=O)OC)COc2cc(O)ccc21. The Bertz CT molecular complexity index is 520. The van der Waals surface area contributed by atoms with E-state index in [1.54, 1.807) is 6.07 Å². The number of phenols is 1. The van der Waals surface area contributed by atoms with E-state index in [-0.39, 0.29) is 18.9 Å². The molecule has 1 aliphatic heterocycles. The summed E-state index contributed by atoms with van der Waals surface area (Å²) in [6.45, 7) is 0.291. The summed E-state index contributed by atoms with van der Waals surface area (Å²) in [4.78, 5) is 12.0. The van der Waals surface area contributed by atoms with Crippen LogP contribution in [-0.4, -0.2) is 31.3 Å². The average Bonchev–Trinajstić information content (AvgIpc) is 2.74. The van der Waals surface area contributed by atoms with Crippen LogP contribution in [0.3, 0.4) is 0 Å². The largest absolute Gasteiger partial charge is 0.508 e. The molecule has 18 heavy (non-hydrogen) atoms. The van der Waals surface area contributed by atoms with Crippen molar-refractivity contribution < 1.29 is 19.4 Å². The Morgan fingerprint density at radius 1 is 1.72 bits per heavy atom. The summed E-state index contributed by atoms with van der Waals surface area (Å²) in [5.41, 5.74) is -0.494. The number of terminal acetylenes is 1. The third kappa shape index (κ3) is 1.77. The van der Waals surface area contributed by atoms with Gasteiger partial charge in [-0.1, -0.05) is 5.92 Å². The van der Waals surface area contributed by atoms with Gasteiger partial charge in [-0.3, -0.25) is 5.32 Å². The normalized spacial score (nSPS) is 20.7. The predicted molar refractivity (Wildman–Crippen MR) is 64.1 cm³/mol. The fourth-order valence-electron chi connectivity index (χ4n) is 2.01. The van der Waals surface area contributed by atoms with Gasteiger partial charge in [-0.2, -0.15) is 0 Å².